The van der Waals surface area contributed by atoms with E-state index in [0.717, 1.165) is 32.6 Å². The summed E-state index contributed by atoms with van der Waals surface area (Å²) < 4.78 is 12.0. The molecule has 0 amide bonds. The van der Waals surface area contributed by atoms with E-state index in [-0.39, 0.29) is 81.2 Å². The van der Waals surface area contributed by atoms with Crippen LogP contribution >= 0.6 is 0 Å². The topological polar surface area (TPSA) is 200 Å². The van der Waals surface area contributed by atoms with Crippen molar-refractivity contribution in [3.63, 3.8) is 0 Å². The van der Waals surface area contributed by atoms with Gasteiger partial charge in [0.05, 0.1) is 11.3 Å². The number of nitrogen functional groups attached to an aromatic ring is 1. The molecule has 1 aromatic heterocycles. The Morgan fingerprint density at radius 1 is 0.844 bits per heavy atom. The quantitative estimate of drug-likeness (QED) is 0.292. The summed E-state index contributed by atoms with van der Waals surface area (Å²) >= 11 is 0. The first kappa shape index (κ1) is 39.9. The third-order valence-corrected chi connectivity index (χ3v) is 9.02. The maximum absolute atomic E-state index is 13.2. The standard InChI is InChI=1S/C31H46N4O4.C2H4O2.Cu.H2O/c1-14-9-16(3)26(17(4)10-14)38-30(36)24-20(7)22(34-28(24)32)13-23-21(8)25(29(33)35-23)31(37)39-27-18(5)11-15(2)12-19(27)6;1-2(3)4;;/h13-19,26-27H,9-12H2,1-8H3,(H5,32,33,34,35,36,37);1H3,(H,3,4);;1H2/q;;+1;/p-1. The minimum absolute atomic E-state index is 0. The summed E-state index contributed by atoms with van der Waals surface area (Å²) in [6.07, 6.45) is 5.52. The van der Waals surface area contributed by atoms with Crippen LogP contribution in [0.4, 0.5) is 5.82 Å². The van der Waals surface area contributed by atoms with Crippen LogP contribution in [0.25, 0.3) is 6.08 Å². The van der Waals surface area contributed by atoms with Crippen LogP contribution in [0.15, 0.2) is 21.8 Å². The number of esters is 2. The number of carboxylic acid groups (broad SMARTS) is 1. The van der Waals surface area contributed by atoms with Crippen LogP contribution in [0.3, 0.4) is 0 Å². The number of carbonyl (C=O) groups excluding carboxylic acids is 2. The number of aliphatic carboxylic acids is 1. The van der Waals surface area contributed by atoms with E-state index in [9.17, 15) is 9.59 Å². The number of aromatic nitrogens is 1. The molecular weight excluding hydrogens is 628 g/mol. The summed E-state index contributed by atoms with van der Waals surface area (Å²) in [5, 5.41) is 7.42. The van der Waals surface area contributed by atoms with Crippen LogP contribution in [0.2, 0.25) is 0 Å². The molecule has 0 radical (unpaired) electrons. The molecule has 7 N–H and O–H groups in total. The smallest absolute Gasteiger partial charge is 0.494 e. The number of nitrogens with zero attached hydrogens (tertiary/aromatic N) is 2. The van der Waals surface area contributed by atoms with Crippen molar-refractivity contribution in [2.24, 2.45) is 46.2 Å². The van der Waals surface area contributed by atoms with Gasteiger partial charge in [-0.1, -0.05) is 47.4 Å². The van der Waals surface area contributed by atoms with Crippen LogP contribution in [0.1, 0.15) is 103 Å². The number of anilines is 1. The Labute approximate surface area is 277 Å². The Bertz CT molecular complexity index is 1310. The summed E-state index contributed by atoms with van der Waals surface area (Å²) in [5.41, 5.74) is 15.2. The van der Waals surface area contributed by atoms with E-state index < -0.39 is 17.9 Å². The number of carboxylic acids is 1. The minimum atomic E-state index is -0.833. The van der Waals surface area contributed by atoms with Gasteiger partial charge >= 0.3 is 29.0 Å². The van der Waals surface area contributed by atoms with Gasteiger partial charge < -0.3 is 36.5 Å². The van der Waals surface area contributed by atoms with E-state index in [0.29, 0.717) is 34.4 Å². The largest absolute Gasteiger partial charge is 1.00 e. The maximum atomic E-state index is 13.2. The van der Waals surface area contributed by atoms with Gasteiger partial charge in [0, 0.05) is 6.92 Å². The number of amidine groups is 1. The van der Waals surface area contributed by atoms with Crippen molar-refractivity contribution in [2.45, 2.75) is 100 Å². The van der Waals surface area contributed by atoms with Crippen molar-refractivity contribution in [1.82, 2.24) is 4.98 Å². The van der Waals surface area contributed by atoms with Gasteiger partial charge in [-0.25, -0.2) is 14.6 Å². The second-order valence-electron chi connectivity index (χ2n) is 13.2. The van der Waals surface area contributed by atoms with E-state index in [1.807, 2.05) is 0 Å². The van der Waals surface area contributed by atoms with Crippen LogP contribution in [-0.2, 0) is 36.1 Å². The normalized spacial score (nSPS) is 30.2. The summed E-state index contributed by atoms with van der Waals surface area (Å²) in [4.78, 5) is 44.3. The van der Waals surface area contributed by atoms with Gasteiger partial charge in [-0.2, -0.15) is 0 Å². The molecule has 4 atom stereocenters. The molecule has 2 fully saturated rings. The Hall–Kier alpha value is -3.08. The summed E-state index contributed by atoms with van der Waals surface area (Å²) in [6.45, 7) is 17.7. The monoisotopic (exact) mass is 678 g/mol. The zero-order valence-electron chi connectivity index (χ0n) is 27.9. The van der Waals surface area contributed by atoms with Crippen LogP contribution < -0.4 is 16.5 Å². The molecule has 1 aromatic rings. The van der Waals surface area contributed by atoms with Crippen molar-refractivity contribution in [1.29, 1.82) is 0 Å². The predicted molar refractivity (Wildman–Crippen MR) is 171 cm³/mol. The molecule has 0 aromatic carbocycles. The van der Waals surface area contributed by atoms with E-state index >= 15 is 0 Å². The molecule has 2 aliphatic carbocycles. The van der Waals surface area contributed by atoms with Crippen molar-refractivity contribution in [2.75, 3.05) is 5.73 Å². The SMILES string of the molecule is CC(=O)O.CC1=C(C(=O)OC2C(C)CC(C)CC2C)C(N)=N/C1=C\c1[n-]c(N)c(C(=O)OC2C(C)CC(C)CC2C)c1C.O.[Cu+]. The van der Waals surface area contributed by atoms with Gasteiger partial charge in [0.1, 0.15) is 23.6 Å². The first-order chi connectivity index (χ1) is 20.0. The number of carbonyl (C=O) groups is 3. The molecule has 0 saturated heterocycles. The zero-order chi connectivity index (χ0) is 32.3. The molecule has 3 aliphatic rings. The molecule has 12 heteroatoms. The van der Waals surface area contributed by atoms with Gasteiger partial charge in [0.2, 0.25) is 0 Å². The first-order valence-corrected chi connectivity index (χ1v) is 15.3. The fourth-order valence-electron chi connectivity index (χ4n) is 7.32. The van der Waals surface area contributed by atoms with Crippen molar-refractivity contribution < 1.29 is 51.5 Å². The first-order valence-electron chi connectivity index (χ1n) is 15.3. The molecule has 256 valence electrons. The molecule has 45 heavy (non-hydrogen) atoms. The second-order valence-corrected chi connectivity index (χ2v) is 13.2. The Morgan fingerprint density at radius 2 is 1.24 bits per heavy atom. The van der Waals surface area contributed by atoms with Crippen LogP contribution in [0.5, 0.6) is 0 Å². The Morgan fingerprint density at radius 3 is 1.67 bits per heavy atom. The average Bonchev–Trinajstić information content (AvgIpc) is 3.31. The van der Waals surface area contributed by atoms with E-state index in [1.54, 1.807) is 19.9 Å². The molecule has 4 unspecified atom stereocenters. The zero-order valence-corrected chi connectivity index (χ0v) is 28.8. The van der Waals surface area contributed by atoms with Crippen molar-refractivity contribution in [3.8, 4) is 0 Å². The number of ether oxygens (including phenoxy) is 2. The molecule has 0 bridgehead atoms. The number of allylic oxidation sites excluding steroid dienone is 1. The molecule has 4 rings (SSSR count). The summed E-state index contributed by atoms with van der Waals surface area (Å²) in [6, 6.07) is 0. The number of rotatable bonds is 5. The minimum Gasteiger partial charge on any atom is -0.494 e. The molecule has 2 heterocycles. The van der Waals surface area contributed by atoms with Gasteiger partial charge in [-0.15, -0.1) is 0 Å². The average molecular weight is 679 g/mol. The van der Waals surface area contributed by atoms with Gasteiger partial charge in [-0.3, -0.25) is 4.79 Å². The summed E-state index contributed by atoms with van der Waals surface area (Å²) in [7, 11) is 0. The van der Waals surface area contributed by atoms with E-state index in [2.05, 4.69) is 51.5 Å². The van der Waals surface area contributed by atoms with Crippen molar-refractivity contribution in [3.05, 3.63) is 33.7 Å². The Balaban J connectivity index is 0.00000159. The van der Waals surface area contributed by atoms with Crippen LogP contribution in [0, 0.1) is 42.4 Å². The number of nitrogens with two attached hydrogens (primary N) is 2. The third-order valence-electron chi connectivity index (χ3n) is 9.02. The molecule has 0 spiro atoms. The van der Waals surface area contributed by atoms with Crippen molar-refractivity contribution >= 4 is 35.6 Å². The number of hydrogen-bond donors (Lipinski definition) is 3. The summed E-state index contributed by atoms with van der Waals surface area (Å²) in [5.74, 6) is 0.879. The fraction of sp³-hybridized carbons (Fsp3) is 0.636. The molecule has 2 saturated carbocycles. The second kappa shape index (κ2) is 16.5. The maximum Gasteiger partial charge on any atom is 1.00 e. The van der Waals surface area contributed by atoms with E-state index in [4.69, 9.17) is 30.8 Å². The van der Waals surface area contributed by atoms with Gasteiger partial charge in [0.15, 0.2) is 0 Å². The number of aliphatic imine (C=N–C) groups is 1. The van der Waals surface area contributed by atoms with Gasteiger partial charge in [0.25, 0.3) is 5.97 Å². The molecule has 11 nitrogen and oxygen atoms in total. The van der Waals surface area contributed by atoms with Crippen LogP contribution in [-0.4, -0.2) is 46.5 Å². The Kier molecular flexibility index (Phi) is 14.6. The predicted octanol–water partition coefficient (Wildman–Crippen LogP) is 4.67. The number of hydrogen-bond acceptors (Lipinski definition) is 8. The fourth-order valence-corrected chi connectivity index (χ4v) is 7.32. The molecular formula is C33H51CuN4O7. The molecule has 1 aliphatic heterocycles. The van der Waals surface area contributed by atoms with Gasteiger partial charge in [-0.05, 0) is 97.9 Å². The third kappa shape index (κ3) is 9.47. The van der Waals surface area contributed by atoms with E-state index in [1.165, 1.54) is 0 Å².